The van der Waals surface area contributed by atoms with Gasteiger partial charge in [-0.3, -0.25) is 0 Å². The minimum Gasteiger partial charge on any atom is -0.398 e. The molecule has 1 aliphatic rings. The molecule has 2 N–H and O–H groups in total. The summed E-state index contributed by atoms with van der Waals surface area (Å²) in [7, 11) is 0. The number of fused-ring (bicyclic) bond motifs is 2. The van der Waals surface area contributed by atoms with Gasteiger partial charge in [0, 0.05) is 16.8 Å². The second kappa shape index (κ2) is 2.84. The molecule has 72 valence electrons. The fourth-order valence-corrected chi connectivity index (χ4v) is 3.18. The highest BCUT2D eigenvalue weighted by atomic mass is 35.5. The number of anilines is 1. The zero-order chi connectivity index (χ0) is 9.71. The number of pyridine rings is 1. The van der Waals surface area contributed by atoms with Gasteiger partial charge in [0.1, 0.15) is 4.83 Å². The molecule has 14 heavy (non-hydrogen) atoms. The van der Waals surface area contributed by atoms with Gasteiger partial charge in [0.25, 0.3) is 0 Å². The average molecular weight is 225 g/mol. The Labute approximate surface area is 90.7 Å². The van der Waals surface area contributed by atoms with Crippen molar-refractivity contribution in [1.29, 1.82) is 0 Å². The van der Waals surface area contributed by atoms with E-state index >= 15 is 0 Å². The number of nitrogen functional groups attached to an aromatic ring is 1. The Morgan fingerprint density at radius 3 is 3.14 bits per heavy atom. The molecule has 0 saturated heterocycles. The molecule has 0 atom stereocenters. The van der Waals surface area contributed by atoms with Gasteiger partial charge in [-0.15, -0.1) is 11.3 Å². The van der Waals surface area contributed by atoms with E-state index in [1.165, 1.54) is 29.0 Å². The summed E-state index contributed by atoms with van der Waals surface area (Å²) >= 11 is 7.45. The summed E-state index contributed by atoms with van der Waals surface area (Å²) in [4.78, 5) is 5.57. The molecule has 0 amide bonds. The van der Waals surface area contributed by atoms with Gasteiger partial charge >= 0.3 is 0 Å². The van der Waals surface area contributed by atoms with E-state index in [1.807, 2.05) is 6.07 Å². The van der Waals surface area contributed by atoms with Crippen LogP contribution in [0.15, 0.2) is 6.07 Å². The largest absolute Gasteiger partial charge is 0.398 e. The van der Waals surface area contributed by atoms with Crippen molar-refractivity contribution in [3.63, 3.8) is 0 Å². The molecule has 0 unspecified atom stereocenters. The third-order valence-corrected chi connectivity index (χ3v) is 3.88. The zero-order valence-corrected chi connectivity index (χ0v) is 9.08. The van der Waals surface area contributed by atoms with Crippen LogP contribution in [0.1, 0.15) is 17.7 Å². The lowest BCUT2D eigenvalue weighted by atomic mass is 10.1. The van der Waals surface area contributed by atoms with Crippen LogP contribution in [0.5, 0.6) is 0 Å². The Kier molecular flexibility index (Phi) is 1.73. The second-order valence-electron chi connectivity index (χ2n) is 3.57. The number of thiophene rings is 1. The van der Waals surface area contributed by atoms with Crippen molar-refractivity contribution in [2.45, 2.75) is 19.3 Å². The molecule has 2 aromatic rings. The van der Waals surface area contributed by atoms with E-state index in [2.05, 4.69) is 4.98 Å². The van der Waals surface area contributed by atoms with Crippen molar-refractivity contribution in [2.75, 3.05) is 5.73 Å². The Balaban J connectivity index is 2.42. The average Bonchev–Trinajstić information content (AvgIpc) is 2.71. The van der Waals surface area contributed by atoms with E-state index < -0.39 is 0 Å². The van der Waals surface area contributed by atoms with Crippen molar-refractivity contribution in [3.8, 4) is 0 Å². The fourth-order valence-electron chi connectivity index (χ4n) is 2.05. The quantitative estimate of drug-likeness (QED) is 0.747. The van der Waals surface area contributed by atoms with Crippen LogP contribution in [0.2, 0.25) is 4.34 Å². The Morgan fingerprint density at radius 2 is 2.29 bits per heavy atom. The summed E-state index contributed by atoms with van der Waals surface area (Å²) in [5.41, 5.74) is 9.40. The number of hydrogen-bond donors (Lipinski definition) is 1. The second-order valence-corrected chi connectivity index (χ2v) is 5.24. The van der Waals surface area contributed by atoms with Crippen molar-refractivity contribution < 1.29 is 0 Å². The maximum absolute atomic E-state index is 6.09. The lowest BCUT2D eigenvalue weighted by Crippen LogP contribution is -1.96. The first kappa shape index (κ1) is 8.50. The summed E-state index contributed by atoms with van der Waals surface area (Å²) in [6, 6.07) is 1.92. The van der Waals surface area contributed by atoms with Gasteiger partial charge in [-0.05, 0) is 30.9 Å². The number of rotatable bonds is 0. The highest BCUT2D eigenvalue weighted by Gasteiger charge is 2.18. The topological polar surface area (TPSA) is 38.9 Å². The van der Waals surface area contributed by atoms with E-state index in [-0.39, 0.29) is 0 Å². The standard InChI is InChI=1S/C10H9ClN2S/c11-8-4-6-9(12)5-2-1-3-7(5)13-10(6)14-8/h4H,1-3H2,(H2,12,13). The molecule has 2 aromatic heterocycles. The predicted molar refractivity (Wildman–Crippen MR) is 61.1 cm³/mol. The predicted octanol–water partition coefficient (Wildman–Crippen LogP) is 3.02. The fraction of sp³-hybridized carbons (Fsp3) is 0.300. The van der Waals surface area contributed by atoms with Gasteiger partial charge in [-0.2, -0.15) is 0 Å². The lowest BCUT2D eigenvalue weighted by molar-refractivity contribution is 0.902. The van der Waals surface area contributed by atoms with E-state index in [1.54, 1.807) is 0 Å². The number of nitrogens with zero attached hydrogens (tertiary/aromatic N) is 1. The van der Waals surface area contributed by atoms with Gasteiger partial charge in [0.05, 0.1) is 4.34 Å². The molecule has 0 saturated carbocycles. The summed E-state index contributed by atoms with van der Waals surface area (Å²) < 4.78 is 0.767. The minimum absolute atomic E-state index is 0.767. The van der Waals surface area contributed by atoms with Crippen LogP contribution in [0.25, 0.3) is 10.2 Å². The molecular weight excluding hydrogens is 216 g/mol. The van der Waals surface area contributed by atoms with Crippen LogP contribution in [0.4, 0.5) is 5.69 Å². The molecule has 4 heteroatoms. The van der Waals surface area contributed by atoms with Gasteiger partial charge in [0.2, 0.25) is 0 Å². The minimum atomic E-state index is 0.767. The summed E-state index contributed by atoms with van der Waals surface area (Å²) in [5.74, 6) is 0. The molecule has 2 nitrogen and oxygen atoms in total. The van der Waals surface area contributed by atoms with Gasteiger partial charge < -0.3 is 5.73 Å². The molecule has 3 rings (SSSR count). The van der Waals surface area contributed by atoms with Crippen LogP contribution < -0.4 is 5.73 Å². The SMILES string of the molecule is Nc1c2c(nc3sc(Cl)cc13)CCC2. The molecule has 0 bridgehead atoms. The monoisotopic (exact) mass is 224 g/mol. The van der Waals surface area contributed by atoms with Crippen LogP contribution in [0, 0.1) is 0 Å². The molecule has 0 aliphatic heterocycles. The third kappa shape index (κ3) is 1.06. The summed E-state index contributed by atoms with van der Waals surface area (Å²) in [6.45, 7) is 0. The number of nitrogens with two attached hydrogens (primary N) is 1. The maximum Gasteiger partial charge on any atom is 0.127 e. The molecule has 0 aromatic carbocycles. The van der Waals surface area contributed by atoms with Crippen LogP contribution >= 0.6 is 22.9 Å². The highest BCUT2D eigenvalue weighted by molar-refractivity contribution is 7.22. The van der Waals surface area contributed by atoms with E-state index in [9.17, 15) is 0 Å². The van der Waals surface area contributed by atoms with Crippen molar-refractivity contribution >= 4 is 38.8 Å². The van der Waals surface area contributed by atoms with Crippen LogP contribution in [0.3, 0.4) is 0 Å². The van der Waals surface area contributed by atoms with Crippen LogP contribution in [-0.2, 0) is 12.8 Å². The van der Waals surface area contributed by atoms with Gasteiger partial charge in [-0.25, -0.2) is 4.98 Å². The molecule has 0 spiro atoms. The molecule has 0 fully saturated rings. The summed E-state index contributed by atoms with van der Waals surface area (Å²) in [5, 5.41) is 1.03. The summed E-state index contributed by atoms with van der Waals surface area (Å²) in [6.07, 6.45) is 3.31. The first-order chi connectivity index (χ1) is 6.75. The Bertz CT molecular complexity index is 518. The van der Waals surface area contributed by atoms with Crippen LogP contribution in [-0.4, -0.2) is 4.98 Å². The smallest absolute Gasteiger partial charge is 0.127 e. The Hall–Kier alpha value is -0.800. The van der Waals surface area contributed by atoms with E-state index in [0.29, 0.717) is 0 Å². The molecular formula is C10H9ClN2S. The third-order valence-electron chi connectivity index (χ3n) is 2.72. The van der Waals surface area contributed by atoms with Crippen molar-refractivity contribution in [2.24, 2.45) is 0 Å². The normalized spacial score (nSPS) is 14.9. The van der Waals surface area contributed by atoms with Gasteiger partial charge in [0.15, 0.2) is 0 Å². The first-order valence-corrected chi connectivity index (χ1v) is 5.81. The zero-order valence-electron chi connectivity index (χ0n) is 7.51. The number of hydrogen-bond acceptors (Lipinski definition) is 3. The van der Waals surface area contributed by atoms with E-state index in [0.717, 1.165) is 33.1 Å². The molecule has 1 aliphatic carbocycles. The Morgan fingerprint density at radius 1 is 1.43 bits per heavy atom. The molecule has 0 radical (unpaired) electrons. The van der Waals surface area contributed by atoms with E-state index in [4.69, 9.17) is 17.3 Å². The number of aromatic nitrogens is 1. The maximum atomic E-state index is 6.09. The highest BCUT2D eigenvalue weighted by Crippen LogP contribution is 2.37. The number of aryl methyl sites for hydroxylation is 1. The van der Waals surface area contributed by atoms with Crippen molar-refractivity contribution in [3.05, 3.63) is 21.7 Å². The van der Waals surface area contributed by atoms with Crippen molar-refractivity contribution in [1.82, 2.24) is 4.98 Å². The molecule has 2 heterocycles. The first-order valence-electron chi connectivity index (χ1n) is 4.62. The van der Waals surface area contributed by atoms with Gasteiger partial charge in [-0.1, -0.05) is 11.6 Å². The lowest BCUT2D eigenvalue weighted by Gasteiger charge is -2.03. The number of halogens is 1.